The third-order valence-electron chi connectivity index (χ3n) is 5.55. The molecule has 4 aromatic rings. The number of hydrogen-bond acceptors (Lipinski definition) is 4. The Bertz CT molecular complexity index is 1360. The van der Waals surface area contributed by atoms with Crippen LogP contribution in [-0.2, 0) is 0 Å². The monoisotopic (exact) mass is 455 g/mol. The van der Waals surface area contributed by atoms with Crippen molar-refractivity contribution in [3.05, 3.63) is 112 Å². The topological polar surface area (TPSA) is 71.8 Å². The number of nitrogens with one attached hydrogen (secondary N) is 2. The average Bonchev–Trinajstić information content (AvgIpc) is 3.22. The number of hydrogen-bond donors (Lipinski definition) is 2. The number of aromatic nitrogens is 3. The van der Waals surface area contributed by atoms with Gasteiger partial charge >= 0.3 is 0 Å². The number of carbonyl (C=O) groups excluding carboxylic acids is 1. The molecule has 0 radical (unpaired) electrons. The van der Waals surface area contributed by atoms with Crippen molar-refractivity contribution < 1.29 is 4.79 Å². The number of allylic oxidation sites excluding steroid dienone is 1. The highest BCUT2D eigenvalue weighted by atomic mass is 35.5. The average molecular weight is 456 g/mol. The van der Waals surface area contributed by atoms with Crippen molar-refractivity contribution in [3.63, 3.8) is 0 Å². The van der Waals surface area contributed by atoms with Crippen molar-refractivity contribution in [2.75, 3.05) is 10.6 Å². The summed E-state index contributed by atoms with van der Waals surface area (Å²) in [5.74, 6) is 0.541. The van der Waals surface area contributed by atoms with Crippen LogP contribution in [-0.4, -0.2) is 20.7 Å². The van der Waals surface area contributed by atoms with Crippen LogP contribution in [0.3, 0.4) is 0 Å². The summed E-state index contributed by atoms with van der Waals surface area (Å²) in [4.78, 5) is 17.3. The van der Waals surface area contributed by atoms with Crippen molar-refractivity contribution in [1.82, 2.24) is 14.8 Å². The molecule has 5 rings (SSSR count). The summed E-state index contributed by atoms with van der Waals surface area (Å²) in [5, 5.41) is 11.4. The predicted octanol–water partition coefficient (Wildman–Crippen LogP) is 5.86. The zero-order valence-electron chi connectivity index (χ0n) is 18.2. The van der Waals surface area contributed by atoms with E-state index in [4.69, 9.17) is 11.6 Å². The van der Waals surface area contributed by atoms with Crippen LogP contribution in [0.2, 0.25) is 5.02 Å². The largest absolute Gasteiger partial charge is 0.324 e. The van der Waals surface area contributed by atoms with E-state index in [-0.39, 0.29) is 17.9 Å². The summed E-state index contributed by atoms with van der Waals surface area (Å²) in [6.45, 7) is 4.01. The zero-order chi connectivity index (χ0) is 22.9. The van der Waals surface area contributed by atoms with E-state index in [9.17, 15) is 4.79 Å². The van der Waals surface area contributed by atoms with Crippen LogP contribution in [0.4, 0.5) is 11.9 Å². The Morgan fingerprint density at radius 3 is 2.48 bits per heavy atom. The van der Waals surface area contributed by atoms with E-state index in [1.807, 2.05) is 49.4 Å². The SMILES string of the molecule is Cc1ccc([C@H]2C=C(c3ccc(Cl)cc3)Nc3nc(NC(=O)c4cccc(C)c4)nn32)cc1. The standard InChI is InChI=1S/C26H22ClN5O/c1-16-6-8-19(9-7-16)23-15-22(18-10-12-21(27)13-11-18)28-26-30-25(31-32(23)26)29-24(33)20-5-3-4-17(2)14-20/h3-15,23H,1-2H3,(H2,28,29,30,31,33)/t23-/m1/s1. The quantitative estimate of drug-likeness (QED) is 0.404. The zero-order valence-corrected chi connectivity index (χ0v) is 19.0. The van der Waals surface area contributed by atoms with Gasteiger partial charge in [0.1, 0.15) is 6.04 Å². The van der Waals surface area contributed by atoms with E-state index in [1.54, 1.807) is 10.7 Å². The predicted molar refractivity (Wildman–Crippen MR) is 132 cm³/mol. The van der Waals surface area contributed by atoms with Crippen molar-refractivity contribution in [1.29, 1.82) is 0 Å². The maximum atomic E-state index is 12.7. The van der Waals surface area contributed by atoms with Gasteiger partial charge < -0.3 is 5.32 Å². The van der Waals surface area contributed by atoms with Crippen molar-refractivity contribution in [2.45, 2.75) is 19.9 Å². The van der Waals surface area contributed by atoms with E-state index >= 15 is 0 Å². The molecule has 164 valence electrons. The van der Waals surface area contributed by atoms with Gasteiger partial charge in [0.25, 0.3) is 11.9 Å². The molecule has 0 bridgehead atoms. The molecule has 3 aromatic carbocycles. The molecule has 1 amide bonds. The Hall–Kier alpha value is -3.90. The van der Waals surface area contributed by atoms with Crippen LogP contribution in [0.1, 0.15) is 38.7 Å². The molecule has 7 heteroatoms. The van der Waals surface area contributed by atoms with Crippen molar-refractivity contribution >= 4 is 35.1 Å². The van der Waals surface area contributed by atoms with Gasteiger partial charge in [0, 0.05) is 16.3 Å². The minimum absolute atomic E-state index is 0.190. The highest BCUT2D eigenvalue weighted by Gasteiger charge is 2.26. The summed E-state index contributed by atoms with van der Waals surface area (Å²) in [6.07, 6.45) is 2.10. The summed E-state index contributed by atoms with van der Waals surface area (Å²) in [6, 6.07) is 23.1. The number of halogens is 1. The highest BCUT2D eigenvalue weighted by molar-refractivity contribution is 6.30. The normalized spacial score (nSPS) is 14.8. The molecule has 0 saturated heterocycles. The molecular formula is C26H22ClN5O. The van der Waals surface area contributed by atoms with Crippen LogP contribution < -0.4 is 10.6 Å². The third-order valence-corrected chi connectivity index (χ3v) is 5.80. The first kappa shape index (κ1) is 21.0. The Balaban J connectivity index is 1.51. The van der Waals surface area contributed by atoms with E-state index in [0.29, 0.717) is 16.5 Å². The number of carbonyl (C=O) groups is 1. The smallest absolute Gasteiger partial charge is 0.258 e. The van der Waals surface area contributed by atoms with E-state index in [2.05, 4.69) is 58.0 Å². The fourth-order valence-electron chi connectivity index (χ4n) is 3.80. The molecule has 0 aliphatic carbocycles. The summed E-state index contributed by atoms with van der Waals surface area (Å²) in [7, 11) is 0. The lowest BCUT2D eigenvalue weighted by Crippen LogP contribution is -2.20. The number of fused-ring (bicyclic) bond motifs is 1. The minimum atomic E-state index is -0.251. The second kappa shape index (κ2) is 8.56. The number of anilines is 2. The molecule has 33 heavy (non-hydrogen) atoms. The molecule has 6 nitrogen and oxygen atoms in total. The van der Waals surface area contributed by atoms with Crippen molar-refractivity contribution in [3.8, 4) is 0 Å². The fraction of sp³-hybridized carbons (Fsp3) is 0.115. The molecule has 0 unspecified atom stereocenters. The van der Waals surface area contributed by atoms with E-state index < -0.39 is 0 Å². The number of amides is 1. The first-order valence-corrected chi connectivity index (χ1v) is 11.0. The molecule has 1 aromatic heterocycles. The van der Waals surface area contributed by atoms with Gasteiger partial charge in [0.15, 0.2) is 0 Å². The lowest BCUT2D eigenvalue weighted by atomic mass is 10.0. The first-order chi connectivity index (χ1) is 16.0. The van der Waals surface area contributed by atoms with Gasteiger partial charge in [-0.15, -0.1) is 5.10 Å². The Morgan fingerprint density at radius 1 is 1.00 bits per heavy atom. The van der Waals surface area contributed by atoms with Crippen molar-refractivity contribution in [2.24, 2.45) is 0 Å². The minimum Gasteiger partial charge on any atom is -0.324 e. The second-order valence-corrected chi connectivity index (χ2v) is 8.53. The van der Waals surface area contributed by atoms with Gasteiger partial charge in [-0.2, -0.15) is 4.98 Å². The fourth-order valence-corrected chi connectivity index (χ4v) is 3.93. The van der Waals surface area contributed by atoms with Crippen LogP contribution in [0.15, 0.2) is 78.9 Å². The highest BCUT2D eigenvalue weighted by Crippen LogP contribution is 2.33. The van der Waals surface area contributed by atoms with Gasteiger partial charge in [-0.05, 0) is 55.3 Å². The molecule has 1 aliphatic rings. The van der Waals surface area contributed by atoms with Crippen LogP contribution in [0.25, 0.3) is 5.70 Å². The number of aryl methyl sites for hydroxylation is 2. The maximum absolute atomic E-state index is 12.7. The van der Waals surface area contributed by atoms with Crippen LogP contribution in [0, 0.1) is 13.8 Å². The van der Waals surface area contributed by atoms with Gasteiger partial charge in [-0.25, -0.2) is 4.68 Å². The van der Waals surface area contributed by atoms with Gasteiger partial charge in [-0.3, -0.25) is 10.1 Å². The molecule has 0 spiro atoms. The second-order valence-electron chi connectivity index (χ2n) is 8.09. The number of rotatable bonds is 4. The van der Waals surface area contributed by atoms with Gasteiger partial charge in [0.05, 0.1) is 0 Å². The first-order valence-electron chi connectivity index (χ1n) is 10.6. The lowest BCUT2D eigenvalue weighted by molar-refractivity contribution is 0.102. The molecule has 2 heterocycles. The Morgan fingerprint density at radius 2 is 1.76 bits per heavy atom. The maximum Gasteiger partial charge on any atom is 0.258 e. The Kier molecular flexibility index (Phi) is 5.44. The molecule has 0 fully saturated rings. The number of nitrogens with zero attached hydrogens (tertiary/aromatic N) is 3. The molecular weight excluding hydrogens is 434 g/mol. The molecule has 0 saturated carbocycles. The molecule has 1 atom stereocenters. The van der Waals surface area contributed by atoms with Crippen LogP contribution >= 0.6 is 11.6 Å². The lowest BCUT2D eigenvalue weighted by Gasteiger charge is -2.24. The molecule has 2 N–H and O–H groups in total. The number of benzene rings is 3. The van der Waals surface area contributed by atoms with E-state index in [1.165, 1.54) is 5.56 Å². The third kappa shape index (κ3) is 4.38. The van der Waals surface area contributed by atoms with Crippen LogP contribution in [0.5, 0.6) is 0 Å². The summed E-state index contributed by atoms with van der Waals surface area (Å²) < 4.78 is 1.79. The van der Waals surface area contributed by atoms with Gasteiger partial charge in [0.2, 0.25) is 5.95 Å². The van der Waals surface area contributed by atoms with E-state index in [0.717, 1.165) is 22.4 Å². The summed E-state index contributed by atoms with van der Waals surface area (Å²) in [5.41, 5.74) is 5.70. The molecule has 1 aliphatic heterocycles. The summed E-state index contributed by atoms with van der Waals surface area (Å²) >= 11 is 6.08. The Labute approximate surface area is 196 Å². The van der Waals surface area contributed by atoms with Gasteiger partial charge in [-0.1, -0.05) is 71.3 Å².